The highest BCUT2D eigenvalue weighted by Crippen LogP contribution is 2.22. The van der Waals surface area contributed by atoms with Crippen molar-refractivity contribution in [2.45, 2.75) is 57.9 Å². The van der Waals surface area contributed by atoms with Crippen LogP contribution in [0.2, 0.25) is 0 Å². The van der Waals surface area contributed by atoms with Crippen molar-refractivity contribution < 1.29 is 4.79 Å². The largest absolute Gasteiger partial charge is 0.351 e. The highest BCUT2D eigenvalue weighted by Gasteiger charge is 2.19. The molecule has 2 rings (SSSR count). The lowest BCUT2D eigenvalue weighted by Crippen LogP contribution is -2.27. The van der Waals surface area contributed by atoms with E-state index in [1.165, 1.54) is 0 Å². The average molecular weight is 247 g/mol. The van der Waals surface area contributed by atoms with Crippen molar-refractivity contribution in [1.29, 1.82) is 0 Å². The van der Waals surface area contributed by atoms with Gasteiger partial charge in [0.05, 0.1) is 0 Å². The molecule has 18 heavy (non-hydrogen) atoms. The zero-order valence-corrected chi connectivity index (χ0v) is 11.4. The van der Waals surface area contributed by atoms with Crippen LogP contribution < -0.4 is 5.32 Å². The second kappa shape index (κ2) is 5.04. The predicted octanol–water partition coefficient (Wildman–Crippen LogP) is 2.70. The van der Waals surface area contributed by atoms with Gasteiger partial charge in [-0.1, -0.05) is 20.8 Å². The van der Waals surface area contributed by atoms with E-state index in [0.717, 1.165) is 18.4 Å². The molecular formula is C14H21N3O. The summed E-state index contributed by atoms with van der Waals surface area (Å²) >= 11 is 0. The Labute approximate surface area is 108 Å². The van der Waals surface area contributed by atoms with E-state index in [4.69, 9.17) is 0 Å². The molecule has 1 N–H and O–H groups in total. The van der Waals surface area contributed by atoms with Crippen LogP contribution in [0.3, 0.4) is 0 Å². The first-order valence-corrected chi connectivity index (χ1v) is 6.56. The summed E-state index contributed by atoms with van der Waals surface area (Å²) < 4.78 is 0. The predicted molar refractivity (Wildman–Crippen MR) is 71.6 cm³/mol. The van der Waals surface area contributed by atoms with Crippen LogP contribution in [0.25, 0.3) is 0 Å². The lowest BCUT2D eigenvalue weighted by atomic mass is 9.89. The average Bonchev–Trinajstić information content (AvgIpc) is 2.32. The lowest BCUT2D eigenvalue weighted by Gasteiger charge is -2.23. The smallest absolute Gasteiger partial charge is 0.222 e. The van der Waals surface area contributed by atoms with Gasteiger partial charge in [0.25, 0.3) is 0 Å². The third kappa shape index (κ3) is 3.28. The Morgan fingerprint density at radius 1 is 1.17 bits per heavy atom. The second-order valence-electron chi connectivity index (χ2n) is 6.00. The van der Waals surface area contributed by atoms with Crippen molar-refractivity contribution in [3.8, 4) is 0 Å². The molecule has 0 amide bonds. The van der Waals surface area contributed by atoms with Crippen LogP contribution in [0.4, 0.5) is 5.95 Å². The summed E-state index contributed by atoms with van der Waals surface area (Å²) in [6.07, 6.45) is 6.90. The van der Waals surface area contributed by atoms with Crippen molar-refractivity contribution >= 4 is 11.7 Å². The number of Topliss-reactive ketones (excluding diaryl/α,β-unsaturated/α-hetero) is 1. The number of nitrogens with one attached hydrogen (secondary N) is 1. The topological polar surface area (TPSA) is 54.9 Å². The van der Waals surface area contributed by atoms with Crippen molar-refractivity contribution in [2.24, 2.45) is 0 Å². The molecule has 0 bridgehead atoms. The SMILES string of the molecule is CC(C)(C)c1cnc(NC2CCC(=O)CC2)nc1. The first kappa shape index (κ1) is 13.0. The summed E-state index contributed by atoms with van der Waals surface area (Å²) in [4.78, 5) is 19.9. The minimum absolute atomic E-state index is 0.0792. The van der Waals surface area contributed by atoms with E-state index in [2.05, 4.69) is 36.1 Å². The van der Waals surface area contributed by atoms with E-state index in [1.807, 2.05) is 12.4 Å². The zero-order valence-electron chi connectivity index (χ0n) is 11.4. The monoisotopic (exact) mass is 247 g/mol. The molecule has 0 atom stereocenters. The van der Waals surface area contributed by atoms with Gasteiger partial charge in [-0.05, 0) is 23.8 Å². The number of carbonyl (C=O) groups is 1. The normalized spacial score (nSPS) is 17.8. The van der Waals surface area contributed by atoms with Crippen molar-refractivity contribution in [3.63, 3.8) is 0 Å². The number of carbonyl (C=O) groups excluding carboxylic acids is 1. The van der Waals surface area contributed by atoms with E-state index in [9.17, 15) is 4.79 Å². The van der Waals surface area contributed by atoms with Gasteiger partial charge in [0, 0.05) is 31.3 Å². The second-order valence-corrected chi connectivity index (χ2v) is 6.00. The quantitative estimate of drug-likeness (QED) is 0.873. The minimum Gasteiger partial charge on any atom is -0.351 e. The molecule has 0 aromatic carbocycles. The molecule has 0 saturated heterocycles. The maximum atomic E-state index is 11.2. The first-order valence-electron chi connectivity index (χ1n) is 6.56. The van der Waals surface area contributed by atoms with Gasteiger partial charge in [-0.2, -0.15) is 0 Å². The number of hydrogen-bond donors (Lipinski definition) is 1. The van der Waals surface area contributed by atoms with E-state index in [1.54, 1.807) is 0 Å². The Balaban J connectivity index is 1.96. The maximum absolute atomic E-state index is 11.2. The molecule has 0 radical (unpaired) electrons. The molecular weight excluding hydrogens is 226 g/mol. The Bertz CT molecular complexity index is 410. The van der Waals surface area contributed by atoms with Crippen LogP contribution in [0.1, 0.15) is 52.0 Å². The third-order valence-electron chi connectivity index (χ3n) is 3.39. The molecule has 0 unspecified atom stereocenters. The summed E-state index contributed by atoms with van der Waals surface area (Å²) in [6, 6.07) is 0.336. The van der Waals surface area contributed by atoms with Gasteiger partial charge in [-0.3, -0.25) is 4.79 Å². The first-order chi connectivity index (χ1) is 8.45. The minimum atomic E-state index is 0.0792. The number of hydrogen-bond acceptors (Lipinski definition) is 4. The van der Waals surface area contributed by atoms with Gasteiger partial charge < -0.3 is 5.32 Å². The molecule has 4 heteroatoms. The summed E-state index contributed by atoms with van der Waals surface area (Å²) in [7, 11) is 0. The number of ketones is 1. The molecule has 1 aromatic heterocycles. The third-order valence-corrected chi connectivity index (χ3v) is 3.39. The van der Waals surface area contributed by atoms with Crippen molar-refractivity contribution in [3.05, 3.63) is 18.0 Å². The van der Waals surface area contributed by atoms with Crippen LogP contribution in [-0.4, -0.2) is 21.8 Å². The van der Waals surface area contributed by atoms with E-state index in [-0.39, 0.29) is 5.41 Å². The summed E-state index contributed by atoms with van der Waals surface area (Å²) in [6.45, 7) is 6.43. The van der Waals surface area contributed by atoms with Gasteiger partial charge in [0.15, 0.2) is 0 Å². The Morgan fingerprint density at radius 2 is 1.72 bits per heavy atom. The molecule has 1 aliphatic carbocycles. The number of nitrogens with zero attached hydrogens (tertiary/aromatic N) is 2. The maximum Gasteiger partial charge on any atom is 0.222 e. The number of anilines is 1. The standard InChI is InChI=1S/C14H21N3O/c1-14(2,3)10-8-15-13(16-9-10)17-11-4-6-12(18)7-5-11/h8-9,11H,4-7H2,1-3H3,(H,15,16,17). The van der Waals surface area contributed by atoms with Crippen molar-refractivity contribution in [1.82, 2.24) is 9.97 Å². The van der Waals surface area contributed by atoms with Gasteiger partial charge in [-0.15, -0.1) is 0 Å². The summed E-state index contributed by atoms with van der Waals surface area (Å²) in [5.74, 6) is 1.04. The van der Waals surface area contributed by atoms with E-state index in [0.29, 0.717) is 30.6 Å². The molecule has 98 valence electrons. The molecule has 1 fully saturated rings. The zero-order chi connectivity index (χ0) is 13.2. The Kier molecular flexibility index (Phi) is 3.64. The van der Waals surface area contributed by atoms with Gasteiger partial charge >= 0.3 is 0 Å². The van der Waals surface area contributed by atoms with Crippen LogP contribution in [0.5, 0.6) is 0 Å². The summed E-state index contributed by atoms with van der Waals surface area (Å²) in [5.41, 5.74) is 1.21. The Hall–Kier alpha value is -1.45. The van der Waals surface area contributed by atoms with E-state index < -0.39 is 0 Å². The molecule has 1 aromatic rings. The fourth-order valence-electron chi connectivity index (χ4n) is 2.06. The van der Waals surface area contributed by atoms with Gasteiger partial charge in [0.1, 0.15) is 5.78 Å². The molecule has 1 heterocycles. The van der Waals surface area contributed by atoms with Gasteiger partial charge in [-0.25, -0.2) is 9.97 Å². The number of rotatable bonds is 2. The van der Waals surface area contributed by atoms with E-state index >= 15 is 0 Å². The fraction of sp³-hybridized carbons (Fsp3) is 0.643. The molecule has 1 aliphatic rings. The van der Waals surface area contributed by atoms with Crippen LogP contribution >= 0.6 is 0 Å². The van der Waals surface area contributed by atoms with Gasteiger partial charge in [0.2, 0.25) is 5.95 Å². The molecule has 0 aliphatic heterocycles. The molecule has 4 nitrogen and oxygen atoms in total. The summed E-state index contributed by atoms with van der Waals surface area (Å²) in [5, 5.41) is 3.31. The van der Waals surface area contributed by atoms with Crippen LogP contribution in [0, 0.1) is 0 Å². The van der Waals surface area contributed by atoms with Crippen molar-refractivity contribution in [2.75, 3.05) is 5.32 Å². The fourth-order valence-corrected chi connectivity index (χ4v) is 2.06. The highest BCUT2D eigenvalue weighted by atomic mass is 16.1. The lowest BCUT2D eigenvalue weighted by molar-refractivity contribution is -0.120. The number of aromatic nitrogens is 2. The molecule has 0 spiro atoms. The van der Waals surface area contributed by atoms with Crippen LogP contribution in [0.15, 0.2) is 12.4 Å². The Morgan fingerprint density at radius 3 is 2.22 bits per heavy atom. The highest BCUT2D eigenvalue weighted by molar-refractivity contribution is 5.79. The molecule has 1 saturated carbocycles. The van der Waals surface area contributed by atoms with Crippen LogP contribution in [-0.2, 0) is 10.2 Å².